The van der Waals surface area contributed by atoms with Crippen LogP contribution in [0.25, 0.3) is 0 Å². The summed E-state index contributed by atoms with van der Waals surface area (Å²) in [7, 11) is -12.2. The van der Waals surface area contributed by atoms with E-state index in [2.05, 4.69) is 94.7 Å². The van der Waals surface area contributed by atoms with Crippen molar-refractivity contribution in [3.63, 3.8) is 0 Å². The molecule has 4 rings (SSSR count). The van der Waals surface area contributed by atoms with Crippen LogP contribution in [0.3, 0.4) is 0 Å². The number of hydrogen-bond acceptors (Lipinski definition) is 9. The molecule has 18 heteroatoms. The van der Waals surface area contributed by atoms with E-state index in [4.69, 9.17) is 30.7 Å². The first-order valence-corrected chi connectivity index (χ1v) is 15.5. The first kappa shape index (κ1) is 42.8. The molecule has 0 spiro atoms. The summed E-state index contributed by atoms with van der Waals surface area (Å²) in [5, 5.41) is 0. The number of anilines is 2. The van der Waals surface area contributed by atoms with Crippen LogP contribution in [0.1, 0.15) is 46.2 Å². The summed E-state index contributed by atoms with van der Waals surface area (Å²) < 4.78 is 123. The third-order valence-corrected chi connectivity index (χ3v) is 6.86. The molecular weight excluding hydrogens is 708 g/mol. The van der Waals surface area contributed by atoms with Crippen molar-refractivity contribution in [2.45, 2.75) is 65.4 Å². The first-order chi connectivity index (χ1) is 19.9. The van der Waals surface area contributed by atoms with Gasteiger partial charge in [-0.15, -0.1) is 0 Å². The van der Waals surface area contributed by atoms with E-state index in [0.29, 0.717) is 0 Å². The van der Waals surface area contributed by atoms with Crippen molar-refractivity contribution < 1.29 is 76.5 Å². The SMILES string of the molecule is C1CCOC1.Cc1cc(C)c(N2[C]N(c3c(C)cc(C)cc3C)C=C2)c(C)c1.O=S(=O)([O-])C(F)(F)F.O=S(=O)([O-])C(F)(F)F.[Zn+2]. The molecule has 0 amide bonds. The van der Waals surface area contributed by atoms with E-state index in [1.54, 1.807) is 0 Å². The minimum absolute atomic E-state index is 0. The molecule has 2 aromatic carbocycles. The molecule has 248 valence electrons. The Labute approximate surface area is 272 Å². The number of benzene rings is 2. The Hall–Kier alpha value is -2.24. The van der Waals surface area contributed by atoms with Gasteiger partial charge in [0.2, 0.25) is 6.67 Å². The monoisotopic (exact) mass is 738 g/mol. The van der Waals surface area contributed by atoms with Gasteiger partial charge < -0.3 is 23.6 Å². The number of nitrogens with zero attached hydrogens (tertiary/aromatic N) is 2. The fraction of sp³-hybridized carbons (Fsp3) is 0.444. The molecule has 1 saturated heterocycles. The number of rotatable bonds is 2. The number of aryl methyl sites for hydroxylation is 6. The van der Waals surface area contributed by atoms with Gasteiger partial charge in [0.1, 0.15) is 0 Å². The molecule has 0 aromatic heterocycles. The molecule has 2 heterocycles. The maximum absolute atomic E-state index is 10.7. The molecule has 0 bridgehead atoms. The number of alkyl halides is 6. The van der Waals surface area contributed by atoms with Gasteiger partial charge in [-0.05, 0) is 76.6 Å². The number of halogens is 6. The standard InChI is InChI=1S/C21H24N2.C4H8O.2CHF3O3S.Zn/c1-14-9-16(3)20(17(4)10-14)22-7-8-23(13-22)21-18(5)11-15(2)12-19(21)6;1-2-4-5-3-1;2*2-1(3,4)8(5,6)7;/h7-12H,1-6H3;1-4H2;2*(H,5,6,7);/q;;;;+2/p-2. The van der Waals surface area contributed by atoms with Crippen LogP contribution in [0.4, 0.5) is 37.7 Å². The summed E-state index contributed by atoms with van der Waals surface area (Å²) in [4.78, 5) is 4.20. The Balaban J connectivity index is 0.000000721. The second-order valence-electron chi connectivity index (χ2n) is 9.75. The van der Waals surface area contributed by atoms with Crippen molar-refractivity contribution in [1.29, 1.82) is 0 Å². The van der Waals surface area contributed by atoms with Crippen LogP contribution in [-0.2, 0) is 44.5 Å². The largest absolute Gasteiger partial charge is 2.00 e. The summed E-state index contributed by atoms with van der Waals surface area (Å²) in [5.74, 6) is 0. The van der Waals surface area contributed by atoms with Crippen LogP contribution in [0, 0.1) is 48.2 Å². The van der Waals surface area contributed by atoms with Crippen molar-refractivity contribution in [3.8, 4) is 0 Å². The van der Waals surface area contributed by atoms with Crippen molar-refractivity contribution in [1.82, 2.24) is 0 Å². The number of ether oxygens (including phenoxy) is 1. The molecule has 0 N–H and O–H groups in total. The molecule has 0 atom stereocenters. The Bertz CT molecular complexity index is 1370. The van der Waals surface area contributed by atoms with E-state index < -0.39 is 31.3 Å². The Morgan fingerprint density at radius 2 is 0.889 bits per heavy atom. The van der Waals surface area contributed by atoms with Crippen LogP contribution in [0.15, 0.2) is 36.7 Å². The molecular formula is C27H32F6N2O7S2Zn. The average molecular weight is 740 g/mol. The zero-order valence-electron chi connectivity index (χ0n) is 25.3. The molecule has 45 heavy (non-hydrogen) atoms. The average Bonchev–Trinajstić information content (AvgIpc) is 3.52. The topological polar surface area (TPSA) is 130 Å². The van der Waals surface area contributed by atoms with Crippen molar-refractivity contribution in [2.75, 3.05) is 23.0 Å². The predicted molar refractivity (Wildman–Crippen MR) is 150 cm³/mol. The molecule has 2 aliphatic rings. The maximum atomic E-state index is 10.7. The minimum Gasteiger partial charge on any atom is -0.741 e. The van der Waals surface area contributed by atoms with Crippen molar-refractivity contribution in [3.05, 3.63) is 76.7 Å². The fourth-order valence-corrected chi connectivity index (χ4v) is 4.18. The first-order valence-electron chi connectivity index (χ1n) is 12.7. The molecule has 0 unspecified atom stereocenters. The normalized spacial score (nSPS) is 14.8. The van der Waals surface area contributed by atoms with E-state index in [0.717, 1.165) is 13.2 Å². The third kappa shape index (κ3) is 13.6. The summed E-state index contributed by atoms with van der Waals surface area (Å²) in [6.45, 7) is 18.4. The second-order valence-corrected chi connectivity index (χ2v) is 12.5. The summed E-state index contributed by atoms with van der Waals surface area (Å²) in [6.07, 6.45) is 6.73. The van der Waals surface area contributed by atoms with E-state index in [9.17, 15) is 26.3 Å². The number of hydrogen-bond donors (Lipinski definition) is 0. The van der Waals surface area contributed by atoms with Crippen LogP contribution >= 0.6 is 0 Å². The molecule has 0 saturated carbocycles. The molecule has 1 fully saturated rings. The maximum Gasteiger partial charge on any atom is 2.00 e. The van der Waals surface area contributed by atoms with Gasteiger partial charge in [-0.3, -0.25) is 0 Å². The van der Waals surface area contributed by atoms with Gasteiger partial charge >= 0.3 is 30.5 Å². The van der Waals surface area contributed by atoms with Gasteiger partial charge in [-0.2, -0.15) is 26.3 Å². The van der Waals surface area contributed by atoms with Gasteiger partial charge in [-0.1, -0.05) is 35.4 Å². The zero-order valence-corrected chi connectivity index (χ0v) is 29.9. The van der Waals surface area contributed by atoms with Gasteiger partial charge in [0.25, 0.3) is 0 Å². The molecule has 2 aliphatic heterocycles. The second kappa shape index (κ2) is 17.1. The molecule has 2 aromatic rings. The fourth-order valence-electron chi connectivity index (χ4n) is 4.18. The van der Waals surface area contributed by atoms with Crippen LogP contribution in [0.2, 0.25) is 0 Å². The van der Waals surface area contributed by atoms with Crippen molar-refractivity contribution in [2.24, 2.45) is 0 Å². The zero-order chi connectivity index (χ0) is 34.3. The van der Waals surface area contributed by atoms with Gasteiger partial charge in [0.05, 0.1) is 0 Å². The minimum atomic E-state index is -6.09. The van der Waals surface area contributed by atoms with E-state index in [-0.39, 0.29) is 19.5 Å². The van der Waals surface area contributed by atoms with E-state index >= 15 is 0 Å². The Morgan fingerprint density at radius 3 is 1.07 bits per heavy atom. The molecule has 2 radical (unpaired) electrons. The molecule has 9 nitrogen and oxygen atoms in total. The smallest absolute Gasteiger partial charge is 0.741 e. The quantitative estimate of drug-likeness (QED) is 0.152. The predicted octanol–water partition coefficient (Wildman–Crippen LogP) is 6.23. The molecule has 0 aliphatic carbocycles. The van der Waals surface area contributed by atoms with Crippen LogP contribution < -0.4 is 9.80 Å². The summed E-state index contributed by atoms with van der Waals surface area (Å²) >= 11 is 0. The Morgan fingerprint density at radius 1 is 0.644 bits per heavy atom. The van der Waals surface area contributed by atoms with Gasteiger partial charge in [0, 0.05) is 37.0 Å². The third-order valence-electron chi connectivity index (χ3n) is 5.73. The van der Waals surface area contributed by atoms with Gasteiger partial charge in [0.15, 0.2) is 20.2 Å². The van der Waals surface area contributed by atoms with Crippen LogP contribution in [-0.4, -0.2) is 50.2 Å². The Kier molecular flexibility index (Phi) is 16.2. The van der Waals surface area contributed by atoms with Crippen molar-refractivity contribution >= 4 is 31.6 Å². The van der Waals surface area contributed by atoms with Gasteiger partial charge in [-0.25, -0.2) is 16.8 Å². The van der Waals surface area contributed by atoms with Crippen LogP contribution in [0.5, 0.6) is 0 Å². The van der Waals surface area contributed by atoms with E-state index in [1.165, 1.54) is 57.6 Å². The van der Waals surface area contributed by atoms with E-state index in [1.807, 2.05) is 0 Å². The summed E-state index contributed by atoms with van der Waals surface area (Å²) in [6, 6.07) is 8.90. The summed E-state index contributed by atoms with van der Waals surface area (Å²) in [5.41, 5.74) is -1.15.